The van der Waals surface area contributed by atoms with Crippen LogP contribution in [0.2, 0.25) is 0 Å². The molecule has 1 amide bonds. The molecule has 0 spiro atoms. The van der Waals surface area contributed by atoms with Gasteiger partial charge in [0.1, 0.15) is 6.61 Å². The number of nitrogens with zero attached hydrogens (tertiary/aromatic N) is 1. The summed E-state index contributed by atoms with van der Waals surface area (Å²) in [6.07, 6.45) is 1.35. The van der Waals surface area contributed by atoms with Crippen molar-refractivity contribution < 1.29 is 33.2 Å². The first-order valence-electron chi connectivity index (χ1n) is 12.8. The second-order valence-electron chi connectivity index (χ2n) is 8.54. The summed E-state index contributed by atoms with van der Waals surface area (Å²) in [6.45, 7) is 9.33. The summed E-state index contributed by atoms with van der Waals surface area (Å²) < 4.78 is 32.7. The van der Waals surface area contributed by atoms with Crippen molar-refractivity contribution in [1.82, 2.24) is 4.90 Å². The summed E-state index contributed by atoms with van der Waals surface area (Å²) in [6, 6.07) is 16.6. The van der Waals surface area contributed by atoms with Crippen LogP contribution in [0.15, 0.2) is 61.2 Å². The first-order valence-corrected chi connectivity index (χ1v) is 12.8. The fourth-order valence-electron chi connectivity index (χ4n) is 4.04. The van der Waals surface area contributed by atoms with Gasteiger partial charge >= 0.3 is 6.09 Å². The zero-order chi connectivity index (χ0) is 26.1. The van der Waals surface area contributed by atoms with Crippen molar-refractivity contribution in [1.29, 1.82) is 0 Å². The minimum absolute atomic E-state index is 0.0525. The molecule has 0 radical (unpaired) electrons. The molecule has 0 aliphatic heterocycles. The van der Waals surface area contributed by atoms with Crippen LogP contribution in [0.3, 0.4) is 0 Å². The van der Waals surface area contributed by atoms with Gasteiger partial charge in [-0.2, -0.15) is 0 Å². The maximum absolute atomic E-state index is 12.5. The lowest BCUT2D eigenvalue weighted by Crippen LogP contribution is -2.32. The molecule has 0 aromatic heterocycles. The SMILES string of the molecule is C=CCOCCOCCOCCOCCOCCN(C)C(=O)OCC1c2ccccc2-c2ccccc21. The van der Waals surface area contributed by atoms with E-state index >= 15 is 0 Å². The highest BCUT2D eigenvalue weighted by Gasteiger charge is 2.29. The van der Waals surface area contributed by atoms with Crippen LogP contribution in [0.4, 0.5) is 4.79 Å². The predicted molar refractivity (Wildman–Crippen MR) is 142 cm³/mol. The molecule has 1 aliphatic carbocycles. The summed E-state index contributed by atoms with van der Waals surface area (Å²) in [7, 11) is 1.72. The van der Waals surface area contributed by atoms with E-state index in [1.807, 2.05) is 24.3 Å². The summed E-state index contributed by atoms with van der Waals surface area (Å²) >= 11 is 0. The van der Waals surface area contributed by atoms with Gasteiger partial charge in [-0.05, 0) is 22.3 Å². The molecular weight excluding hydrogens is 474 g/mol. The van der Waals surface area contributed by atoms with Crippen molar-refractivity contribution in [2.45, 2.75) is 5.92 Å². The molecular formula is C29H39NO7. The summed E-state index contributed by atoms with van der Waals surface area (Å²) in [5.74, 6) is 0.0525. The number of hydrogen-bond acceptors (Lipinski definition) is 7. The quantitative estimate of drug-likeness (QED) is 0.206. The van der Waals surface area contributed by atoms with Crippen LogP contribution in [0, 0.1) is 0 Å². The average Bonchev–Trinajstić information content (AvgIpc) is 3.25. The number of carbonyl (C=O) groups excluding carboxylic acids is 1. The van der Waals surface area contributed by atoms with Crippen LogP contribution in [-0.2, 0) is 28.4 Å². The van der Waals surface area contributed by atoms with E-state index in [-0.39, 0.29) is 12.0 Å². The smallest absolute Gasteiger partial charge is 0.409 e. The number of rotatable bonds is 19. The number of benzene rings is 2. The van der Waals surface area contributed by atoms with E-state index in [1.165, 1.54) is 27.2 Å². The van der Waals surface area contributed by atoms with E-state index in [1.54, 1.807) is 13.1 Å². The molecule has 2 aromatic rings. The second kappa shape index (κ2) is 16.9. The first kappa shape index (κ1) is 28.8. The van der Waals surface area contributed by atoms with Crippen LogP contribution in [0.1, 0.15) is 17.0 Å². The van der Waals surface area contributed by atoms with E-state index in [0.29, 0.717) is 79.2 Å². The molecule has 3 rings (SSSR count). The Morgan fingerprint density at radius 3 is 1.73 bits per heavy atom. The van der Waals surface area contributed by atoms with E-state index in [2.05, 4.69) is 30.8 Å². The number of fused-ring (bicyclic) bond motifs is 3. The number of amides is 1. The van der Waals surface area contributed by atoms with Gasteiger partial charge in [0.15, 0.2) is 0 Å². The fourth-order valence-corrected chi connectivity index (χ4v) is 4.04. The number of likely N-dealkylation sites (N-methyl/N-ethyl adjacent to an activating group) is 1. The van der Waals surface area contributed by atoms with Gasteiger partial charge in [-0.25, -0.2) is 4.79 Å². The van der Waals surface area contributed by atoms with E-state index in [9.17, 15) is 4.79 Å². The molecule has 37 heavy (non-hydrogen) atoms. The van der Waals surface area contributed by atoms with Crippen molar-refractivity contribution in [3.05, 3.63) is 72.3 Å². The predicted octanol–water partition coefficient (Wildman–Crippen LogP) is 4.14. The van der Waals surface area contributed by atoms with Gasteiger partial charge < -0.3 is 33.3 Å². The molecule has 0 N–H and O–H groups in total. The Hall–Kier alpha value is -2.75. The topological polar surface area (TPSA) is 75.7 Å². The van der Waals surface area contributed by atoms with Gasteiger partial charge in [-0.15, -0.1) is 6.58 Å². The Morgan fingerprint density at radius 2 is 1.22 bits per heavy atom. The zero-order valence-corrected chi connectivity index (χ0v) is 21.8. The lowest BCUT2D eigenvalue weighted by Gasteiger charge is -2.19. The maximum Gasteiger partial charge on any atom is 0.409 e. The lowest BCUT2D eigenvalue weighted by atomic mass is 9.98. The van der Waals surface area contributed by atoms with E-state index < -0.39 is 0 Å². The minimum Gasteiger partial charge on any atom is -0.448 e. The molecule has 202 valence electrons. The van der Waals surface area contributed by atoms with Crippen LogP contribution in [0.5, 0.6) is 0 Å². The largest absolute Gasteiger partial charge is 0.448 e. The maximum atomic E-state index is 12.5. The fraction of sp³-hybridized carbons (Fsp3) is 0.483. The van der Waals surface area contributed by atoms with Crippen molar-refractivity contribution in [2.24, 2.45) is 0 Å². The highest BCUT2D eigenvalue weighted by molar-refractivity contribution is 5.79. The zero-order valence-electron chi connectivity index (χ0n) is 21.8. The second-order valence-corrected chi connectivity index (χ2v) is 8.54. The lowest BCUT2D eigenvalue weighted by molar-refractivity contribution is -0.0104. The molecule has 0 bridgehead atoms. The minimum atomic E-state index is -0.355. The van der Waals surface area contributed by atoms with Crippen LogP contribution < -0.4 is 0 Å². The Bertz CT molecular complexity index is 906. The summed E-state index contributed by atoms with van der Waals surface area (Å²) in [5, 5.41) is 0. The molecule has 2 aromatic carbocycles. The molecule has 0 heterocycles. The van der Waals surface area contributed by atoms with Crippen LogP contribution >= 0.6 is 0 Å². The normalized spacial score (nSPS) is 12.2. The van der Waals surface area contributed by atoms with Gasteiger partial charge in [0.05, 0.1) is 66.1 Å². The number of ether oxygens (including phenoxy) is 6. The van der Waals surface area contributed by atoms with Gasteiger partial charge in [0, 0.05) is 19.5 Å². The van der Waals surface area contributed by atoms with Gasteiger partial charge in [0.25, 0.3) is 0 Å². The van der Waals surface area contributed by atoms with Crippen molar-refractivity contribution in [2.75, 3.05) is 86.3 Å². The van der Waals surface area contributed by atoms with Crippen molar-refractivity contribution in [3.63, 3.8) is 0 Å². The standard InChI is InChI=1S/C29H39NO7/c1-3-13-32-15-17-34-19-21-36-22-20-35-18-16-33-14-12-30(2)29(31)37-23-28-26-10-6-4-8-24(26)25-9-5-7-11-27(25)28/h3-11,28H,1,12-23H2,2H3. The van der Waals surface area contributed by atoms with Crippen molar-refractivity contribution >= 4 is 6.09 Å². The summed E-state index contributed by atoms with van der Waals surface area (Å²) in [5.41, 5.74) is 4.83. The first-order chi connectivity index (χ1) is 18.2. The third-order valence-corrected chi connectivity index (χ3v) is 5.94. The van der Waals surface area contributed by atoms with Crippen molar-refractivity contribution in [3.8, 4) is 11.1 Å². The van der Waals surface area contributed by atoms with Crippen LogP contribution in [-0.4, -0.2) is 97.3 Å². The average molecular weight is 514 g/mol. The Kier molecular flexibility index (Phi) is 13.2. The Labute approximate surface area is 220 Å². The Morgan fingerprint density at radius 1 is 0.757 bits per heavy atom. The molecule has 0 atom stereocenters. The molecule has 0 unspecified atom stereocenters. The molecule has 0 saturated heterocycles. The highest BCUT2D eigenvalue weighted by atomic mass is 16.6. The summed E-state index contributed by atoms with van der Waals surface area (Å²) in [4.78, 5) is 14.0. The van der Waals surface area contributed by atoms with E-state index in [0.717, 1.165) is 0 Å². The van der Waals surface area contributed by atoms with Gasteiger partial charge in [0.2, 0.25) is 0 Å². The van der Waals surface area contributed by atoms with Crippen LogP contribution in [0.25, 0.3) is 11.1 Å². The molecule has 8 nitrogen and oxygen atoms in total. The number of hydrogen-bond donors (Lipinski definition) is 0. The Balaban J connectivity index is 1.18. The van der Waals surface area contributed by atoms with E-state index in [4.69, 9.17) is 28.4 Å². The third-order valence-electron chi connectivity index (χ3n) is 5.94. The highest BCUT2D eigenvalue weighted by Crippen LogP contribution is 2.44. The molecule has 8 heteroatoms. The monoisotopic (exact) mass is 513 g/mol. The molecule has 0 fully saturated rings. The van der Waals surface area contributed by atoms with Gasteiger partial charge in [-0.1, -0.05) is 54.6 Å². The molecule has 0 saturated carbocycles. The number of carbonyl (C=O) groups is 1. The molecule has 1 aliphatic rings. The third kappa shape index (κ3) is 9.57. The van der Waals surface area contributed by atoms with Gasteiger partial charge in [-0.3, -0.25) is 0 Å².